The predicted octanol–water partition coefficient (Wildman–Crippen LogP) is 3.53. The Bertz CT molecular complexity index is 755. The van der Waals surface area contributed by atoms with E-state index in [1.165, 1.54) is 25.3 Å². The second kappa shape index (κ2) is 9.58. The fraction of sp³-hybridized carbons (Fsp3) is 0.600. The quantitative estimate of drug-likeness (QED) is 0.526. The number of benzene rings is 1. The Morgan fingerprint density at radius 2 is 1.66 bits per heavy atom. The van der Waals surface area contributed by atoms with E-state index in [1.807, 2.05) is 0 Å². The molecular weight excluding hydrogens is 374 g/mol. The minimum Gasteiger partial charge on any atom is -0.335 e. The summed E-state index contributed by atoms with van der Waals surface area (Å²) in [4.78, 5) is 36.9. The van der Waals surface area contributed by atoms with Crippen LogP contribution >= 0.6 is 0 Å². The molecule has 2 aliphatic rings. The summed E-state index contributed by atoms with van der Waals surface area (Å²) in [6.45, 7) is 2.70. The van der Waals surface area contributed by atoms with E-state index in [2.05, 4.69) is 16.0 Å². The molecule has 1 aliphatic heterocycles. The molecule has 4 amide bonds. The van der Waals surface area contributed by atoms with Crippen molar-refractivity contribution in [3.63, 3.8) is 0 Å². The van der Waals surface area contributed by atoms with E-state index in [4.69, 9.17) is 0 Å². The first kappa shape index (κ1) is 20.9. The van der Waals surface area contributed by atoms with Crippen LogP contribution in [0.2, 0.25) is 0 Å². The van der Waals surface area contributed by atoms with Crippen molar-refractivity contribution in [3.05, 3.63) is 33.9 Å². The van der Waals surface area contributed by atoms with Gasteiger partial charge in [-0.15, -0.1) is 0 Å². The molecule has 2 fully saturated rings. The van der Waals surface area contributed by atoms with Gasteiger partial charge in [0.15, 0.2) is 0 Å². The molecule has 29 heavy (non-hydrogen) atoms. The number of nitrogens with one attached hydrogen (secondary N) is 3. The lowest BCUT2D eigenvalue weighted by Crippen LogP contribution is -2.51. The second-order valence-corrected chi connectivity index (χ2v) is 7.90. The third-order valence-corrected chi connectivity index (χ3v) is 5.71. The minimum atomic E-state index is -0.458. The average molecular weight is 403 g/mol. The van der Waals surface area contributed by atoms with Gasteiger partial charge in [0.1, 0.15) is 0 Å². The van der Waals surface area contributed by atoms with Crippen LogP contribution in [0.5, 0.6) is 0 Å². The largest absolute Gasteiger partial charge is 0.335 e. The Balaban J connectivity index is 1.44. The summed E-state index contributed by atoms with van der Waals surface area (Å²) in [6.07, 6.45) is 7.03. The average Bonchev–Trinajstić information content (AvgIpc) is 2.70. The van der Waals surface area contributed by atoms with Crippen molar-refractivity contribution in [1.29, 1.82) is 0 Å². The number of carbonyl (C=O) groups is 2. The van der Waals surface area contributed by atoms with Crippen LogP contribution in [-0.2, 0) is 0 Å². The van der Waals surface area contributed by atoms with Crippen LogP contribution in [0, 0.1) is 17.0 Å². The summed E-state index contributed by atoms with van der Waals surface area (Å²) >= 11 is 0. The maximum absolute atomic E-state index is 12.5. The molecule has 0 radical (unpaired) electrons. The number of nitrogens with zero attached hydrogens (tertiary/aromatic N) is 2. The maximum atomic E-state index is 12.5. The lowest BCUT2D eigenvalue weighted by atomic mass is 9.96. The Kier molecular flexibility index (Phi) is 6.90. The molecule has 3 N–H and O–H groups in total. The molecule has 9 heteroatoms. The number of urea groups is 2. The summed E-state index contributed by atoms with van der Waals surface area (Å²) in [5.41, 5.74) is 0.931. The zero-order valence-electron chi connectivity index (χ0n) is 16.8. The van der Waals surface area contributed by atoms with E-state index in [1.54, 1.807) is 24.0 Å². The van der Waals surface area contributed by atoms with Crippen LogP contribution in [0.15, 0.2) is 18.2 Å². The molecule has 1 heterocycles. The van der Waals surface area contributed by atoms with E-state index in [0.717, 1.165) is 12.8 Å². The number of piperidine rings is 1. The van der Waals surface area contributed by atoms with E-state index in [-0.39, 0.29) is 29.8 Å². The molecule has 0 unspecified atom stereocenters. The molecule has 0 bridgehead atoms. The molecule has 158 valence electrons. The van der Waals surface area contributed by atoms with Gasteiger partial charge in [0.05, 0.1) is 4.92 Å². The highest BCUT2D eigenvalue weighted by atomic mass is 16.6. The van der Waals surface area contributed by atoms with Gasteiger partial charge in [-0.25, -0.2) is 9.59 Å². The topological polar surface area (TPSA) is 117 Å². The smallest absolute Gasteiger partial charge is 0.321 e. The van der Waals surface area contributed by atoms with Gasteiger partial charge in [-0.3, -0.25) is 10.1 Å². The van der Waals surface area contributed by atoms with Crippen molar-refractivity contribution in [1.82, 2.24) is 15.5 Å². The highest BCUT2D eigenvalue weighted by Crippen LogP contribution is 2.23. The zero-order chi connectivity index (χ0) is 20.8. The number of hydrogen-bond acceptors (Lipinski definition) is 4. The van der Waals surface area contributed by atoms with Gasteiger partial charge >= 0.3 is 12.1 Å². The Morgan fingerprint density at radius 3 is 2.28 bits per heavy atom. The van der Waals surface area contributed by atoms with Gasteiger partial charge in [-0.1, -0.05) is 25.3 Å². The van der Waals surface area contributed by atoms with Gasteiger partial charge in [-0.05, 0) is 38.7 Å². The number of rotatable bonds is 4. The lowest BCUT2D eigenvalue weighted by molar-refractivity contribution is -0.385. The molecule has 0 atom stereocenters. The van der Waals surface area contributed by atoms with Gasteiger partial charge in [-0.2, -0.15) is 0 Å². The SMILES string of the molecule is Cc1ccc(NC(=O)N2CCC(NC(=O)NC3CCCCC3)CC2)cc1[N+](=O)[O-]. The highest BCUT2D eigenvalue weighted by Gasteiger charge is 2.25. The first-order chi connectivity index (χ1) is 13.9. The molecule has 1 aromatic rings. The van der Waals surface area contributed by atoms with Crippen molar-refractivity contribution in [3.8, 4) is 0 Å². The lowest BCUT2D eigenvalue weighted by Gasteiger charge is -2.33. The first-order valence-electron chi connectivity index (χ1n) is 10.3. The number of amides is 4. The molecule has 1 aliphatic carbocycles. The van der Waals surface area contributed by atoms with E-state index in [9.17, 15) is 19.7 Å². The van der Waals surface area contributed by atoms with Crippen molar-refractivity contribution in [2.45, 2.75) is 64.0 Å². The molecule has 9 nitrogen and oxygen atoms in total. The Labute approximate surface area is 170 Å². The fourth-order valence-electron chi connectivity index (χ4n) is 3.97. The van der Waals surface area contributed by atoms with Crippen LogP contribution < -0.4 is 16.0 Å². The van der Waals surface area contributed by atoms with Crippen LogP contribution in [0.4, 0.5) is 21.0 Å². The van der Waals surface area contributed by atoms with Crippen molar-refractivity contribution in [2.75, 3.05) is 18.4 Å². The Hall–Kier alpha value is -2.84. The monoisotopic (exact) mass is 403 g/mol. The maximum Gasteiger partial charge on any atom is 0.321 e. The van der Waals surface area contributed by atoms with Crippen molar-refractivity contribution in [2.24, 2.45) is 0 Å². The second-order valence-electron chi connectivity index (χ2n) is 7.90. The van der Waals surface area contributed by atoms with Crippen LogP contribution in [0.25, 0.3) is 0 Å². The van der Waals surface area contributed by atoms with Gasteiger partial charge in [0.2, 0.25) is 0 Å². The molecule has 1 aromatic carbocycles. The van der Waals surface area contributed by atoms with Crippen LogP contribution in [0.1, 0.15) is 50.5 Å². The van der Waals surface area contributed by atoms with Crippen LogP contribution in [-0.4, -0.2) is 47.1 Å². The summed E-state index contributed by atoms with van der Waals surface area (Å²) in [5.74, 6) is 0. The molecule has 3 rings (SSSR count). The number of nitro groups is 1. The number of carbonyl (C=O) groups excluding carboxylic acids is 2. The molecule has 1 saturated carbocycles. The highest BCUT2D eigenvalue weighted by molar-refractivity contribution is 5.89. The summed E-state index contributed by atoms with van der Waals surface area (Å²) in [6, 6.07) is 4.56. The number of aryl methyl sites for hydroxylation is 1. The number of hydrogen-bond donors (Lipinski definition) is 3. The van der Waals surface area contributed by atoms with Gasteiger partial charge in [0, 0.05) is 42.5 Å². The molecule has 0 aromatic heterocycles. The molecule has 0 spiro atoms. The normalized spacial score (nSPS) is 18.2. The van der Waals surface area contributed by atoms with Gasteiger partial charge in [0.25, 0.3) is 5.69 Å². The van der Waals surface area contributed by atoms with Crippen molar-refractivity contribution >= 4 is 23.4 Å². The van der Waals surface area contributed by atoms with E-state index >= 15 is 0 Å². The molecular formula is C20H29N5O4. The summed E-state index contributed by atoms with van der Waals surface area (Å²) in [7, 11) is 0. The number of nitro benzene ring substituents is 1. The standard InChI is InChI=1S/C20H29N5O4/c1-14-7-8-17(13-18(14)25(28)29)23-20(27)24-11-9-16(10-12-24)22-19(26)21-15-5-3-2-4-6-15/h7-8,13,15-16H,2-6,9-12H2,1H3,(H,23,27)(H2,21,22,26). The van der Waals surface area contributed by atoms with E-state index in [0.29, 0.717) is 37.2 Å². The fourth-order valence-corrected chi connectivity index (χ4v) is 3.97. The summed E-state index contributed by atoms with van der Waals surface area (Å²) < 4.78 is 0. The molecule has 1 saturated heterocycles. The summed E-state index contributed by atoms with van der Waals surface area (Å²) in [5, 5.41) is 19.9. The van der Waals surface area contributed by atoms with E-state index < -0.39 is 4.92 Å². The zero-order valence-corrected chi connectivity index (χ0v) is 16.8. The van der Waals surface area contributed by atoms with Crippen molar-refractivity contribution < 1.29 is 14.5 Å². The third kappa shape index (κ3) is 5.82. The van der Waals surface area contributed by atoms with Crippen LogP contribution in [0.3, 0.4) is 0 Å². The Morgan fingerprint density at radius 1 is 1.03 bits per heavy atom. The predicted molar refractivity (Wildman–Crippen MR) is 110 cm³/mol. The first-order valence-corrected chi connectivity index (χ1v) is 10.3. The minimum absolute atomic E-state index is 0.0188. The van der Waals surface area contributed by atoms with Gasteiger partial charge < -0.3 is 20.9 Å². The number of anilines is 1. The third-order valence-electron chi connectivity index (χ3n) is 5.71. The number of likely N-dealkylation sites (tertiary alicyclic amines) is 1.